The van der Waals surface area contributed by atoms with Crippen LogP contribution in [0.2, 0.25) is 0 Å². The van der Waals surface area contributed by atoms with Gasteiger partial charge in [-0.15, -0.1) is 4.83 Å². The lowest BCUT2D eigenvalue weighted by Gasteiger charge is -2.26. The van der Waals surface area contributed by atoms with Gasteiger partial charge in [-0.25, -0.2) is 18.4 Å². The predicted octanol–water partition coefficient (Wildman–Crippen LogP) is -0.351. The molecule has 100 valence electrons. The van der Waals surface area contributed by atoms with Crippen LogP contribution in [0.25, 0.3) is 0 Å². The Labute approximate surface area is 106 Å². The number of aromatic nitrogens is 1. The van der Waals surface area contributed by atoms with Crippen molar-refractivity contribution in [2.24, 2.45) is 0 Å². The summed E-state index contributed by atoms with van der Waals surface area (Å²) in [4.78, 5) is 6.64. The van der Waals surface area contributed by atoms with Crippen molar-refractivity contribution in [2.75, 3.05) is 38.7 Å². The zero-order chi connectivity index (χ0) is 13.0. The minimum atomic E-state index is -3.55. The SMILES string of the molecule is CNc1ccc(S(=O)(=O)NN2CCOCC2)cn1. The van der Waals surface area contributed by atoms with Crippen LogP contribution in [0.4, 0.5) is 5.82 Å². The van der Waals surface area contributed by atoms with Crippen molar-refractivity contribution in [1.82, 2.24) is 14.8 Å². The van der Waals surface area contributed by atoms with Crippen molar-refractivity contribution < 1.29 is 13.2 Å². The third-order valence-electron chi connectivity index (χ3n) is 2.56. The van der Waals surface area contributed by atoms with E-state index in [1.807, 2.05) is 0 Å². The Hall–Kier alpha value is -1.22. The first-order valence-electron chi connectivity index (χ1n) is 5.61. The number of nitrogens with one attached hydrogen (secondary N) is 2. The van der Waals surface area contributed by atoms with Crippen LogP contribution >= 0.6 is 0 Å². The molecule has 0 unspecified atom stereocenters. The van der Waals surface area contributed by atoms with Gasteiger partial charge in [-0.2, -0.15) is 0 Å². The third kappa shape index (κ3) is 3.16. The number of hydrogen-bond donors (Lipinski definition) is 2. The summed E-state index contributed by atoms with van der Waals surface area (Å²) in [6, 6.07) is 3.13. The van der Waals surface area contributed by atoms with Gasteiger partial charge in [0.2, 0.25) is 0 Å². The first-order chi connectivity index (χ1) is 8.62. The van der Waals surface area contributed by atoms with Crippen LogP contribution < -0.4 is 10.1 Å². The summed E-state index contributed by atoms with van der Waals surface area (Å²) in [5.74, 6) is 0.625. The van der Waals surface area contributed by atoms with Crippen LogP contribution in [0.15, 0.2) is 23.2 Å². The molecule has 7 nitrogen and oxygen atoms in total. The Bertz CT molecular complexity index is 482. The Morgan fingerprint density at radius 2 is 2.06 bits per heavy atom. The monoisotopic (exact) mass is 272 g/mol. The van der Waals surface area contributed by atoms with Crippen LogP contribution in [0.3, 0.4) is 0 Å². The lowest BCUT2D eigenvalue weighted by Crippen LogP contribution is -2.48. The van der Waals surface area contributed by atoms with Gasteiger partial charge in [0, 0.05) is 26.3 Å². The van der Waals surface area contributed by atoms with E-state index in [0.717, 1.165) is 0 Å². The van der Waals surface area contributed by atoms with Gasteiger partial charge in [0.25, 0.3) is 10.0 Å². The van der Waals surface area contributed by atoms with Gasteiger partial charge in [0.15, 0.2) is 0 Å². The average molecular weight is 272 g/mol. The Balaban J connectivity index is 2.08. The van der Waals surface area contributed by atoms with Gasteiger partial charge >= 0.3 is 0 Å². The van der Waals surface area contributed by atoms with Gasteiger partial charge in [0.1, 0.15) is 10.7 Å². The Kier molecular flexibility index (Phi) is 4.12. The molecule has 18 heavy (non-hydrogen) atoms. The topological polar surface area (TPSA) is 83.6 Å². The van der Waals surface area contributed by atoms with E-state index in [9.17, 15) is 8.42 Å². The number of sulfonamides is 1. The fourth-order valence-corrected chi connectivity index (χ4v) is 2.63. The van der Waals surface area contributed by atoms with Gasteiger partial charge in [-0.1, -0.05) is 0 Å². The molecule has 0 spiro atoms. The van der Waals surface area contributed by atoms with Gasteiger partial charge < -0.3 is 10.1 Å². The average Bonchev–Trinajstić information content (AvgIpc) is 2.39. The third-order valence-corrected chi connectivity index (χ3v) is 3.92. The molecule has 0 bridgehead atoms. The summed E-state index contributed by atoms with van der Waals surface area (Å²) >= 11 is 0. The number of morpholine rings is 1. The standard InChI is InChI=1S/C10H16N4O3S/c1-11-10-3-2-9(8-12-10)18(15,16)13-14-4-6-17-7-5-14/h2-3,8,13H,4-7H2,1H3,(H,11,12). The highest BCUT2D eigenvalue weighted by Gasteiger charge is 2.20. The lowest BCUT2D eigenvalue weighted by molar-refractivity contribution is 0.0272. The maximum atomic E-state index is 12.0. The number of rotatable bonds is 4. The van der Waals surface area contributed by atoms with Crippen molar-refractivity contribution in [2.45, 2.75) is 4.90 Å². The van der Waals surface area contributed by atoms with Crippen LogP contribution in [-0.2, 0) is 14.8 Å². The molecule has 1 aromatic heterocycles. The highest BCUT2D eigenvalue weighted by atomic mass is 32.2. The molecule has 2 N–H and O–H groups in total. The molecule has 0 amide bonds. The fourth-order valence-electron chi connectivity index (χ4n) is 1.56. The summed E-state index contributed by atoms with van der Waals surface area (Å²) in [7, 11) is -1.83. The molecule has 8 heteroatoms. The normalized spacial score (nSPS) is 17.6. The Morgan fingerprint density at radius 1 is 1.33 bits per heavy atom. The van der Waals surface area contributed by atoms with Crippen molar-refractivity contribution in [3.8, 4) is 0 Å². The molecule has 1 saturated heterocycles. The number of ether oxygens (including phenoxy) is 1. The van der Waals surface area contributed by atoms with Crippen LogP contribution in [0.5, 0.6) is 0 Å². The van der Waals surface area contributed by atoms with E-state index in [1.54, 1.807) is 18.1 Å². The second kappa shape index (κ2) is 5.61. The number of anilines is 1. The first-order valence-corrected chi connectivity index (χ1v) is 7.09. The summed E-state index contributed by atoms with van der Waals surface area (Å²) in [6.45, 7) is 2.14. The number of nitrogens with zero attached hydrogens (tertiary/aromatic N) is 2. The highest BCUT2D eigenvalue weighted by molar-refractivity contribution is 7.89. The minimum Gasteiger partial charge on any atom is -0.379 e. The van der Waals surface area contributed by atoms with E-state index in [2.05, 4.69) is 15.1 Å². The predicted molar refractivity (Wildman–Crippen MR) is 66.5 cm³/mol. The molecule has 1 fully saturated rings. The largest absolute Gasteiger partial charge is 0.379 e. The zero-order valence-electron chi connectivity index (χ0n) is 10.1. The van der Waals surface area contributed by atoms with Gasteiger partial charge in [0.05, 0.1) is 13.2 Å². The molecule has 0 radical (unpaired) electrons. The summed E-state index contributed by atoms with van der Waals surface area (Å²) in [5, 5.41) is 4.46. The van der Waals surface area contributed by atoms with Gasteiger partial charge in [-0.3, -0.25) is 0 Å². The Morgan fingerprint density at radius 3 is 2.61 bits per heavy atom. The fraction of sp³-hybridized carbons (Fsp3) is 0.500. The summed E-state index contributed by atoms with van der Waals surface area (Å²) < 4.78 is 29.2. The van der Waals surface area contributed by atoms with E-state index in [1.165, 1.54) is 12.3 Å². The zero-order valence-corrected chi connectivity index (χ0v) is 10.9. The van der Waals surface area contributed by atoms with Crippen molar-refractivity contribution in [3.05, 3.63) is 18.3 Å². The molecule has 1 aliphatic rings. The van der Waals surface area contributed by atoms with E-state index in [0.29, 0.717) is 32.1 Å². The molecule has 2 rings (SSSR count). The first kappa shape index (κ1) is 13.2. The second-order valence-electron chi connectivity index (χ2n) is 3.82. The van der Waals surface area contributed by atoms with Crippen molar-refractivity contribution in [3.63, 3.8) is 0 Å². The van der Waals surface area contributed by atoms with E-state index >= 15 is 0 Å². The maximum Gasteiger partial charge on any atom is 0.254 e. The number of hydrogen-bond acceptors (Lipinski definition) is 6. The molecule has 0 saturated carbocycles. The molecule has 1 aliphatic heterocycles. The summed E-state index contributed by atoms with van der Waals surface area (Å²) in [6.07, 6.45) is 1.33. The van der Waals surface area contributed by atoms with E-state index in [4.69, 9.17) is 4.74 Å². The lowest BCUT2D eigenvalue weighted by atomic mass is 10.5. The molecular formula is C10H16N4O3S. The summed E-state index contributed by atoms with van der Waals surface area (Å²) in [5.41, 5.74) is 0. The minimum absolute atomic E-state index is 0.146. The second-order valence-corrected chi connectivity index (χ2v) is 5.48. The molecule has 1 aromatic rings. The van der Waals surface area contributed by atoms with Crippen molar-refractivity contribution >= 4 is 15.8 Å². The van der Waals surface area contributed by atoms with Crippen LogP contribution in [-0.4, -0.2) is 51.8 Å². The molecule has 0 aliphatic carbocycles. The number of pyridine rings is 1. The maximum absolute atomic E-state index is 12.0. The quantitative estimate of drug-likeness (QED) is 0.779. The number of hydrazine groups is 1. The molecule has 2 heterocycles. The smallest absolute Gasteiger partial charge is 0.254 e. The van der Waals surface area contributed by atoms with Crippen LogP contribution in [0, 0.1) is 0 Å². The van der Waals surface area contributed by atoms with E-state index < -0.39 is 10.0 Å². The molecular weight excluding hydrogens is 256 g/mol. The highest BCUT2D eigenvalue weighted by Crippen LogP contribution is 2.10. The van der Waals surface area contributed by atoms with Crippen molar-refractivity contribution in [1.29, 1.82) is 0 Å². The molecule has 0 atom stereocenters. The van der Waals surface area contributed by atoms with Crippen LogP contribution in [0.1, 0.15) is 0 Å². The van der Waals surface area contributed by atoms with E-state index in [-0.39, 0.29) is 4.90 Å². The van der Waals surface area contributed by atoms with Gasteiger partial charge in [-0.05, 0) is 12.1 Å². The molecule has 0 aromatic carbocycles.